The lowest BCUT2D eigenvalue weighted by atomic mass is 10.1. The predicted octanol–water partition coefficient (Wildman–Crippen LogP) is 3.38. The minimum absolute atomic E-state index is 0.0758. The van der Waals surface area contributed by atoms with Gasteiger partial charge in [0, 0.05) is 25.7 Å². The molecule has 0 unspecified atom stereocenters. The zero-order chi connectivity index (χ0) is 13.8. The molecule has 0 radical (unpaired) electrons. The second-order valence-electron chi connectivity index (χ2n) is 5.65. The summed E-state index contributed by atoms with van der Waals surface area (Å²) in [5.41, 5.74) is 0. The smallest absolute Gasteiger partial charge is 0.222 e. The molecule has 0 spiro atoms. The first-order valence-electron chi connectivity index (χ1n) is 7.39. The van der Waals surface area contributed by atoms with E-state index in [1.54, 1.807) is 0 Å². The predicted molar refractivity (Wildman–Crippen MR) is 76.6 cm³/mol. The van der Waals surface area contributed by atoms with Gasteiger partial charge in [0.25, 0.3) is 0 Å². The van der Waals surface area contributed by atoms with Crippen LogP contribution in [0.3, 0.4) is 0 Å². The van der Waals surface area contributed by atoms with E-state index in [0.29, 0.717) is 0 Å². The van der Waals surface area contributed by atoms with E-state index in [2.05, 4.69) is 19.2 Å². The van der Waals surface area contributed by atoms with E-state index in [1.807, 2.05) is 13.8 Å². The summed E-state index contributed by atoms with van der Waals surface area (Å²) < 4.78 is 5.53. The highest BCUT2D eigenvalue weighted by Gasteiger charge is 2.04. The molecule has 0 heterocycles. The number of carbonyl (C=O) groups excluding carboxylic acids is 1. The molecule has 0 rings (SSSR count). The van der Waals surface area contributed by atoms with Gasteiger partial charge in [-0.05, 0) is 18.8 Å². The van der Waals surface area contributed by atoms with Crippen LogP contribution in [0.1, 0.15) is 59.8 Å². The largest absolute Gasteiger partial charge is 0.381 e. The fourth-order valence-corrected chi connectivity index (χ4v) is 1.63. The maximum Gasteiger partial charge on any atom is 0.222 e. The van der Waals surface area contributed by atoms with Crippen LogP contribution in [0.5, 0.6) is 0 Å². The van der Waals surface area contributed by atoms with Crippen LogP contribution in [-0.2, 0) is 9.53 Å². The van der Waals surface area contributed by atoms with Crippen molar-refractivity contribution in [2.75, 3.05) is 19.8 Å². The number of hydrogen-bond donors (Lipinski definition) is 1. The third-order valence-corrected chi connectivity index (χ3v) is 2.86. The van der Waals surface area contributed by atoms with E-state index < -0.39 is 0 Å². The summed E-state index contributed by atoms with van der Waals surface area (Å²) in [6.07, 6.45) is 5.96. The second-order valence-corrected chi connectivity index (χ2v) is 5.65. The second kappa shape index (κ2) is 11.5. The Kier molecular flexibility index (Phi) is 11.2. The molecule has 0 aromatic carbocycles. The number of hydrogen-bond acceptors (Lipinski definition) is 2. The Morgan fingerprint density at radius 1 is 1.00 bits per heavy atom. The highest BCUT2D eigenvalue weighted by molar-refractivity contribution is 5.77. The Morgan fingerprint density at radius 2 is 1.67 bits per heavy atom. The highest BCUT2D eigenvalue weighted by Crippen LogP contribution is 2.07. The van der Waals surface area contributed by atoms with Crippen molar-refractivity contribution in [3.8, 4) is 0 Å². The van der Waals surface area contributed by atoms with Gasteiger partial charge in [-0.3, -0.25) is 4.79 Å². The molecule has 108 valence electrons. The maximum atomic E-state index is 11.3. The Labute approximate surface area is 113 Å². The molecule has 3 heteroatoms. The minimum Gasteiger partial charge on any atom is -0.381 e. The first-order valence-corrected chi connectivity index (χ1v) is 7.39. The summed E-state index contributed by atoms with van der Waals surface area (Å²) in [6, 6.07) is 0. The molecule has 0 aromatic rings. The van der Waals surface area contributed by atoms with Gasteiger partial charge in [0.1, 0.15) is 0 Å². The van der Waals surface area contributed by atoms with Crippen molar-refractivity contribution < 1.29 is 9.53 Å². The van der Waals surface area contributed by atoms with Crippen LogP contribution in [0, 0.1) is 11.8 Å². The van der Waals surface area contributed by atoms with Crippen molar-refractivity contribution in [3.63, 3.8) is 0 Å². The summed E-state index contributed by atoms with van der Waals surface area (Å²) >= 11 is 0. The van der Waals surface area contributed by atoms with E-state index in [4.69, 9.17) is 4.74 Å². The molecule has 0 aliphatic heterocycles. The van der Waals surface area contributed by atoms with Gasteiger partial charge in [0.2, 0.25) is 5.91 Å². The van der Waals surface area contributed by atoms with Gasteiger partial charge in [-0.25, -0.2) is 0 Å². The van der Waals surface area contributed by atoms with Crippen molar-refractivity contribution in [1.29, 1.82) is 0 Å². The van der Waals surface area contributed by atoms with Crippen molar-refractivity contribution >= 4 is 5.91 Å². The normalized spacial score (nSPS) is 11.2. The van der Waals surface area contributed by atoms with Crippen molar-refractivity contribution in [3.05, 3.63) is 0 Å². The number of ether oxygens (including phenoxy) is 1. The molecule has 18 heavy (non-hydrogen) atoms. The van der Waals surface area contributed by atoms with Crippen LogP contribution >= 0.6 is 0 Å². The summed E-state index contributed by atoms with van der Waals surface area (Å²) in [5.74, 6) is 1.02. The Hall–Kier alpha value is -0.570. The quantitative estimate of drug-likeness (QED) is 0.576. The molecule has 0 saturated heterocycles. The average Bonchev–Trinajstić information content (AvgIpc) is 2.30. The topological polar surface area (TPSA) is 38.3 Å². The lowest BCUT2D eigenvalue weighted by Crippen LogP contribution is -2.29. The molecule has 0 bridgehead atoms. The summed E-state index contributed by atoms with van der Waals surface area (Å²) in [4.78, 5) is 11.3. The van der Waals surface area contributed by atoms with Crippen LogP contribution in [0.4, 0.5) is 0 Å². The molecule has 3 nitrogen and oxygen atoms in total. The fourth-order valence-electron chi connectivity index (χ4n) is 1.63. The van der Waals surface area contributed by atoms with Gasteiger partial charge in [-0.15, -0.1) is 0 Å². The molecule has 0 aromatic heterocycles. The van der Waals surface area contributed by atoms with E-state index in [1.165, 1.54) is 19.3 Å². The minimum atomic E-state index is 0.0758. The molecule has 0 atom stereocenters. The van der Waals surface area contributed by atoms with Gasteiger partial charge < -0.3 is 10.1 Å². The molecular weight excluding hydrogens is 226 g/mol. The van der Waals surface area contributed by atoms with Crippen LogP contribution in [0.2, 0.25) is 0 Å². The SMILES string of the molecule is CC(C)CCCCCOCCCNC(=O)C(C)C. The number of unbranched alkanes of at least 4 members (excludes halogenated alkanes) is 2. The zero-order valence-electron chi connectivity index (χ0n) is 12.6. The summed E-state index contributed by atoms with van der Waals surface area (Å²) in [7, 11) is 0. The molecule has 0 saturated carbocycles. The summed E-state index contributed by atoms with van der Waals surface area (Å²) in [5, 5.41) is 2.89. The number of carbonyl (C=O) groups is 1. The van der Waals surface area contributed by atoms with E-state index in [-0.39, 0.29) is 11.8 Å². The Morgan fingerprint density at radius 3 is 2.28 bits per heavy atom. The molecule has 1 amide bonds. The highest BCUT2D eigenvalue weighted by atomic mass is 16.5. The van der Waals surface area contributed by atoms with Crippen molar-refractivity contribution in [2.45, 2.75) is 59.8 Å². The van der Waals surface area contributed by atoms with E-state index in [9.17, 15) is 4.79 Å². The molecule has 1 N–H and O–H groups in total. The van der Waals surface area contributed by atoms with E-state index in [0.717, 1.165) is 38.5 Å². The Balaban J connectivity index is 3.10. The number of rotatable bonds is 11. The van der Waals surface area contributed by atoms with Crippen LogP contribution in [-0.4, -0.2) is 25.7 Å². The Bertz CT molecular complexity index is 203. The number of amides is 1. The average molecular weight is 257 g/mol. The van der Waals surface area contributed by atoms with Gasteiger partial charge >= 0.3 is 0 Å². The summed E-state index contributed by atoms with van der Waals surface area (Å²) in [6.45, 7) is 10.7. The van der Waals surface area contributed by atoms with Gasteiger partial charge in [0.15, 0.2) is 0 Å². The monoisotopic (exact) mass is 257 g/mol. The standard InChI is InChI=1S/C15H31NO2/c1-13(2)9-6-5-7-11-18-12-8-10-16-15(17)14(3)4/h13-14H,5-12H2,1-4H3,(H,16,17). The van der Waals surface area contributed by atoms with Crippen LogP contribution in [0.15, 0.2) is 0 Å². The zero-order valence-corrected chi connectivity index (χ0v) is 12.6. The fraction of sp³-hybridized carbons (Fsp3) is 0.933. The molecular formula is C15H31NO2. The van der Waals surface area contributed by atoms with Gasteiger partial charge in [-0.1, -0.05) is 47.0 Å². The third kappa shape index (κ3) is 11.9. The number of nitrogens with one attached hydrogen (secondary N) is 1. The first kappa shape index (κ1) is 17.4. The van der Waals surface area contributed by atoms with Gasteiger partial charge in [-0.2, -0.15) is 0 Å². The van der Waals surface area contributed by atoms with Crippen LogP contribution in [0.25, 0.3) is 0 Å². The lowest BCUT2D eigenvalue weighted by Gasteiger charge is -2.08. The molecule has 0 fully saturated rings. The van der Waals surface area contributed by atoms with Crippen molar-refractivity contribution in [1.82, 2.24) is 5.32 Å². The molecule has 0 aliphatic carbocycles. The maximum absolute atomic E-state index is 11.3. The third-order valence-electron chi connectivity index (χ3n) is 2.86. The van der Waals surface area contributed by atoms with Crippen LogP contribution < -0.4 is 5.32 Å². The van der Waals surface area contributed by atoms with Gasteiger partial charge in [0.05, 0.1) is 0 Å². The lowest BCUT2D eigenvalue weighted by molar-refractivity contribution is -0.124. The van der Waals surface area contributed by atoms with Crippen molar-refractivity contribution in [2.24, 2.45) is 11.8 Å². The first-order chi connectivity index (χ1) is 8.54. The molecule has 0 aliphatic rings. The van der Waals surface area contributed by atoms with E-state index >= 15 is 0 Å².